The van der Waals surface area contributed by atoms with Crippen LogP contribution in [0.2, 0.25) is 5.02 Å². The van der Waals surface area contributed by atoms with Gasteiger partial charge < -0.3 is 14.6 Å². The van der Waals surface area contributed by atoms with Gasteiger partial charge in [0.1, 0.15) is 17.2 Å². The Labute approximate surface area is 199 Å². The highest BCUT2D eigenvalue weighted by Crippen LogP contribution is 2.28. The molecule has 0 fully saturated rings. The zero-order chi connectivity index (χ0) is 23.8. The molecule has 3 aromatic rings. The number of methoxy groups -OCH3 is 1. The van der Waals surface area contributed by atoms with Crippen LogP contribution in [-0.4, -0.2) is 30.7 Å². The summed E-state index contributed by atoms with van der Waals surface area (Å²) in [7, 11) is 1.50. The maximum absolute atomic E-state index is 14.4. The van der Waals surface area contributed by atoms with Gasteiger partial charge in [0.2, 0.25) is 0 Å². The molecule has 1 atom stereocenters. The van der Waals surface area contributed by atoms with Gasteiger partial charge in [-0.2, -0.15) is 9.57 Å². The summed E-state index contributed by atoms with van der Waals surface area (Å²) in [6, 6.07) is 19.5. The number of halogens is 2. The van der Waals surface area contributed by atoms with Crippen molar-refractivity contribution in [3.63, 3.8) is 0 Å². The number of carbonyl (C=O) groups excluding carboxylic acids is 1. The largest absolute Gasteiger partial charge is 0.588 e. The van der Waals surface area contributed by atoms with Gasteiger partial charge in [0, 0.05) is 24.7 Å². The predicted molar refractivity (Wildman–Crippen MR) is 126 cm³/mol. The smallest absolute Gasteiger partial charge is 0.254 e. The van der Waals surface area contributed by atoms with Gasteiger partial charge in [-0.1, -0.05) is 29.8 Å². The quantitative estimate of drug-likeness (QED) is 0.357. The molecule has 9 heteroatoms. The first-order valence-electron chi connectivity index (χ1n) is 9.93. The van der Waals surface area contributed by atoms with E-state index in [1.165, 1.54) is 35.7 Å². The molecule has 0 saturated heterocycles. The van der Waals surface area contributed by atoms with Crippen molar-refractivity contribution in [1.29, 1.82) is 5.26 Å². The topological polar surface area (TPSA) is 88.4 Å². The zero-order valence-electron chi connectivity index (χ0n) is 17.8. The molecule has 170 valence electrons. The molecule has 1 unspecified atom stereocenters. The van der Waals surface area contributed by atoms with Crippen molar-refractivity contribution < 1.29 is 18.5 Å². The van der Waals surface area contributed by atoms with Gasteiger partial charge in [0.15, 0.2) is 4.90 Å². The number of hydrogen-bond donors (Lipinski definition) is 1. The van der Waals surface area contributed by atoms with E-state index in [0.29, 0.717) is 21.2 Å². The Balaban J connectivity index is 1.99. The van der Waals surface area contributed by atoms with Crippen molar-refractivity contribution in [3.8, 4) is 6.07 Å². The van der Waals surface area contributed by atoms with Gasteiger partial charge >= 0.3 is 0 Å². The van der Waals surface area contributed by atoms with Crippen LogP contribution in [0.1, 0.15) is 21.5 Å². The van der Waals surface area contributed by atoms with E-state index in [1.807, 2.05) is 6.07 Å². The summed E-state index contributed by atoms with van der Waals surface area (Å²) in [6.45, 7) is 0.701. The lowest BCUT2D eigenvalue weighted by Gasteiger charge is -2.26. The number of nitrogens with one attached hydrogen (secondary N) is 1. The fraction of sp³-hybridized carbons (Fsp3) is 0.167. The normalized spacial score (nSPS) is 11.5. The van der Waals surface area contributed by atoms with Crippen molar-refractivity contribution in [2.75, 3.05) is 24.6 Å². The summed E-state index contributed by atoms with van der Waals surface area (Å²) < 4.78 is 34.4. The van der Waals surface area contributed by atoms with Gasteiger partial charge in [0.25, 0.3) is 5.91 Å². The van der Waals surface area contributed by atoms with E-state index in [4.69, 9.17) is 16.3 Å². The molecule has 0 aliphatic carbocycles. The second-order valence-corrected chi connectivity index (χ2v) is 8.81. The van der Waals surface area contributed by atoms with Crippen LogP contribution in [0.25, 0.3) is 0 Å². The molecule has 0 aliphatic heterocycles. The first kappa shape index (κ1) is 24.6. The molecular weight excluding hydrogens is 465 g/mol. The van der Waals surface area contributed by atoms with E-state index in [2.05, 4.69) is 5.32 Å². The molecule has 3 aromatic carbocycles. The number of carbonyl (C=O) groups is 1. The zero-order valence-corrected chi connectivity index (χ0v) is 19.3. The Morgan fingerprint density at radius 1 is 1.21 bits per heavy atom. The van der Waals surface area contributed by atoms with E-state index in [9.17, 15) is 19.0 Å². The Kier molecular flexibility index (Phi) is 8.69. The van der Waals surface area contributed by atoms with Gasteiger partial charge in [0.05, 0.1) is 36.0 Å². The first-order valence-corrected chi connectivity index (χ1v) is 11.4. The predicted octanol–water partition coefficient (Wildman–Crippen LogP) is 4.46. The van der Waals surface area contributed by atoms with Crippen LogP contribution >= 0.6 is 11.6 Å². The van der Waals surface area contributed by atoms with E-state index >= 15 is 0 Å². The maximum atomic E-state index is 14.4. The Morgan fingerprint density at radius 3 is 2.67 bits per heavy atom. The van der Waals surface area contributed by atoms with Crippen molar-refractivity contribution in [1.82, 2.24) is 5.32 Å². The monoisotopic (exact) mass is 485 g/mol. The van der Waals surface area contributed by atoms with Crippen LogP contribution in [0.5, 0.6) is 0 Å². The third-order valence-electron chi connectivity index (χ3n) is 4.68. The SMILES string of the molecule is COCCNC(=O)c1cc(N(Cc2ccc(Cl)cc2)[S+]([O-])c2cccc(C#N)c2)ccc1F. The van der Waals surface area contributed by atoms with E-state index in [0.717, 1.165) is 5.56 Å². The Hall–Kier alpha value is -3.09. The standard InChI is InChI=1S/C24H21ClFN3O3S/c1-32-12-11-28-24(30)22-14-20(9-10-23(22)26)29(16-17-5-7-19(25)8-6-17)33(31)21-4-2-3-18(13-21)15-27/h2-10,13-14H,11-12,16H2,1H3,(H,28,30). The molecule has 6 nitrogen and oxygen atoms in total. The summed E-state index contributed by atoms with van der Waals surface area (Å²) in [5.41, 5.74) is 1.38. The number of nitrogens with zero attached hydrogens (tertiary/aromatic N) is 2. The molecule has 0 radical (unpaired) electrons. The van der Waals surface area contributed by atoms with Gasteiger partial charge in [-0.05, 0) is 48.0 Å². The molecule has 0 heterocycles. The minimum Gasteiger partial charge on any atom is -0.588 e. The fourth-order valence-corrected chi connectivity index (χ4v) is 4.38. The highest BCUT2D eigenvalue weighted by atomic mass is 35.5. The molecule has 0 aliphatic rings. The van der Waals surface area contributed by atoms with Gasteiger partial charge in [-0.3, -0.25) is 4.79 Å². The van der Waals surface area contributed by atoms with Crippen molar-refractivity contribution in [2.24, 2.45) is 0 Å². The van der Waals surface area contributed by atoms with Gasteiger partial charge in [-0.25, -0.2) is 4.39 Å². The first-order chi connectivity index (χ1) is 15.9. The van der Waals surface area contributed by atoms with Crippen LogP contribution in [0, 0.1) is 17.1 Å². The lowest BCUT2D eigenvalue weighted by molar-refractivity contribution is 0.0933. The van der Waals surface area contributed by atoms with Crippen LogP contribution in [-0.2, 0) is 22.6 Å². The molecular formula is C24H21ClFN3O3S. The minimum absolute atomic E-state index is 0.174. The highest BCUT2D eigenvalue weighted by Gasteiger charge is 2.26. The molecule has 1 amide bonds. The summed E-state index contributed by atoms with van der Waals surface area (Å²) >= 11 is 4.23. The van der Waals surface area contributed by atoms with Crippen molar-refractivity contribution in [2.45, 2.75) is 11.4 Å². The van der Waals surface area contributed by atoms with Gasteiger partial charge in [-0.15, -0.1) is 0 Å². The third-order valence-corrected chi connectivity index (χ3v) is 6.33. The lowest BCUT2D eigenvalue weighted by atomic mass is 10.1. The minimum atomic E-state index is -1.75. The van der Waals surface area contributed by atoms with Crippen LogP contribution in [0.4, 0.5) is 10.1 Å². The summed E-state index contributed by atoms with van der Waals surface area (Å²) in [6.07, 6.45) is 0. The van der Waals surface area contributed by atoms with Crippen LogP contribution in [0.3, 0.4) is 0 Å². The summed E-state index contributed by atoms with van der Waals surface area (Å²) in [4.78, 5) is 12.9. The number of benzene rings is 3. The second-order valence-electron chi connectivity index (χ2n) is 6.96. The highest BCUT2D eigenvalue weighted by molar-refractivity contribution is 7.92. The molecule has 0 spiro atoms. The van der Waals surface area contributed by atoms with Crippen LogP contribution < -0.4 is 9.62 Å². The van der Waals surface area contributed by atoms with Crippen molar-refractivity contribution in [3.05, 3.63) is 94.3 Å². The average molecular weight is 486 g/mol. The fourth-order valence-electron chi connectivity index (χ4n) is 3.01. The third kappa shape index (κ3) is 6.46. The average Bonchev–Trinajstić information content (AvgIpc) is 2.84. The number of nitriles is 1. The molecule has 0 saturated carbocycles. The summed E-state index contributed by atoms with van der Waals surface area (Å²) in [5.74, 6) is -1.30. The number of ether oxygens (including phenoxy) is 1. The maximum Gasteiger partial charge on any atom is 0.254 e. The summed E-state index contributed by atoms with van der Waals surface area (Å²) in [5, 5.41) is 12.4. The van der Waals surface area contributed by atoms with Crippen molar-refractivity contribution >= 4 is 34.6 Å². The Bertz CT molecular complexity index is 1150. The van der Waals surface area contributed by atoms with E-state index in [-0.39, 0.29) is 25.3 Å². The number of amides is 1. The molecule has 1 N–H and O–H groups in total. The number of rotatable bonds is 9. The number of anilines is 1. The van der Waals surface area contributed by atoms with E-state index in [1.54, 1.807) is 42.5 Å². The number of hydrogen-bond acceptors (Lipinski definition) is 5. The lowest BCUT2D eigenvalue weighted by Crippen LogP contribution is -2.32. The molecule has 33 heavy (non-hydrogen) atoms. The molecule has 3 rings (SSSR count). The van der Waals surface area contributed by atoms with Crippen LogP contribution in [0.15, 0.2) is 71.6 Å². The molecule has 0 bridgehead atoms. The second kappa shape index (κ2) is 11.7. The Morgan fingerprint density at radius 2 is 1.97 bits per heavy atom. The van der Waals surface area contributed by atoms with E-state index < -0.39 is 23.1 Å². The molecule has 0 aromatic heterocycles.